The predicted molar refractivity (Wildman–Crippen MR) is 93.2 cm³/mol. The molecule has 2 aliphatic rings. The highest BCUT2D eigenvalue weighted by Gasteiger charge is 2.20. The molecular weight excluding hydrogens is 274 g/mol. The Morgan fingerprint density at radius 1 is 1.18 bits per heavy atom. The van der Waals surface area contributed by atoms with Gasteiger partial charge in [0.05, 0.1) is 6.10 Å². The Morgan fingerprint density at radius 2 is 1.91 bits per heavy atom. The van der Waals surface area contributed by atoms with Crippen molar-refractivity contribution in [1.82, 2.24) is 14.7 Å². The van der Waals surface area contributed by atoms with E-state index in [1.54, 1.807) is 0 Å². The number of aliphatic hydroxyl groups excluding tert-OH is 1. The maximum absolute atomic E-state index is 10.3. The van der Waals surface area contributed by atoms with Gasteiger partial charge in [0.25, 0.3) is 0 Å². The average molecular weight is 312 g/mol. The molecule has 0 bridgehead atoms. The van der Waals surface area contributed by atoms with Gasteiger partial charge in [0, 0.05) is 39.3 Å². The molecule has 0 aromatic heterocycles. The van der Waals surface area contributed by atoms with Gasteiger partial charge in [-0.3, -0.25) is 4.90 Å². The van der Waals surface area contributed by atoms with E-state index in [0.29, 0.717) is 0 Å². The minimum absolute atomic E-state index is 0.210. The van der Waals surface area contributed by atoms with Crippen LogP contribution in [0, 0.1) is 11.8 Å². The number of nitrogens with zero attached hydrogens (tertiary/aromatic N) is 3. The van der Waals surface area contributed by atoms with Crippen LogP contribution in [0.1, 0.15) is 39.0 Å². The minimum atomic E-state index is -0.210. The van der Waals surface area contributed by atoms with Crippen molar-refractivity contribution in [2.75, 3.05) is 59.9 Å². The fraction of sp³-hybridized carbons (Fsp3) is 1.00. The lowest BCUT2D eigenvalue weighted by molar-refractivity contribution is 0.0590. The Hall–Kier alpha value is -0.160. The predicted octanol–water partition coefficient (Wildman–Crippen LogP) is 1.74. The zero-order chi connectivity index (χ0) is 15.9. The van der Waals surface area contributed by atoms with Gasteiger partial charge in [-0.15, -0.1) is 0 Å². The largest absolute Gasteiger partial charge is 0.390 e. The molecule has 2 fully saturated rings. The first kappa shape index (κ1) is 18.2. The summed E-state index contributed by atoms with van der Waals surface area (Å²) in [5, 5.41) is 10.3. The lowest BCUT2D eigenvalue weighted by atomic mass is 9.81. The molecule has 130 valence electrons. The molecule has 3 unspecified atom stereocenters. The quantitative estimate of drug-likeness (QED) is 0.776. The summed E-state index contributed by atoms with van der Waals surface area (Å²) in [6.07, 6.45) is 6.78. The summed E-state index contributed by atoms with van der Waals surface area (Å²) in [4.78, 5) is 7.10. The van der Waals surface area contributed by atoms with Gasteiger partial charge in [0.1, 0.15) is 0 Å². The van der Waals surface area contributed by atoms with Crippen molar-refractivity contribution in [3.05, 3.63) is 0 Å². The van der Waals surface area contributed by atoms with Gasteiger partial charge in [-0.25, -0.2) is 0 Å². The monoisotopic (exact) mass is 311 g/mol. The van der Waals surface area contributed by atoms with Gasteiger partial charge in [-0.1, -0.05) is 26.2 Å². The van der Waals surface area contributed by atoms with Gasteiger partial charge in [0.2, 0.25) is 0 Å². The van der Waals surface area contributed by atoms with E-state index in [9.17, 15) is 5.11 Å². The molecule has 0 aromatic carbocycles. The molecule has 2 rings (SSSR count). The summed E-state index contributed by atoms with van der Waals surface area (Å²) in [5.74, 6) is 1.84. The van der Waals surface area contributed by atoms with Crippen LogP contribution in [0.5, 0.6) is 0 Å². The molecule has 0 aromatic rings. The normalized spacial score (nSPS) is 29.9. The van der Waals surface area contributed by atoms with E-state index in [2.05, 4.69) is 35.7 Å². The highest BCUT2D eigenvalue weighted by Crippen LogP contribution is 2.30. The van der Waals surface area contributed by atoms with Crippen molar-refractivity contribution in [2.45, 2.75) is 45.1 Å². The van der Waals surface area contributed by atoms with E-state index in [1.165, 1.54) is 32.1 Å². The second-order valence-corrected chi connectivity index (χ2v) is 7.95. The first-order valence-electron chi connectivity index (χ1n) is 9.30. The van der Waals surface area contributed by atoms with E-state index in [4.69, 9.17) is 0 Å². The van der Waals surface area contributed by atoms with Crippen molar-refractivity contribution in [2.24, 2.45) is 11.8 Å². The van der Waals surface area contributed by atoms with Crippen molar-refractivity contribution in [1.29, 1.82) is 0 Å². The molecular formula is C18H37N3O. The number of β-amino-alcohol motifs (C(OH)–C–C–N with tert-alkyl or cyclic N) is 1. The second-order valence-electron chi connectivity index (χ2n) is 7.95. The lowest BCUT2D eigenvalue weighted by Gasteiger charge is -2.34. The van der Waals surface area contributed by atoms with Crippen molar-refractivity contribution in [3.63, 3.8) is 0 Å². The maximum atomic E-state index is 10.3. The molecule has 3 atom stereocenters. The first-order chi connectivity index (χ1) is 10.5. The molecule has 22 heavy (non-hydrogen) atoms. The Kier molecular flexibility index (Phi) is 7.61. The van der Waals surface area contributed by atoms with Crippen LogP contribution in [0.15, 0.2) is 0 Å². The Morgan fingerprint density at radius 3 is 2.59 bits per heavy atom. The van der Waals surface area contributed by atoms with E-state index in [1.807, 2.05) is 0 Å². The van der Waals surface area contributed by atoms with Crippen LogP contribution < -0.4 is 0 Å². The highest BCUT2D eigenvalue weighted by atomic mass is 16.3. The molecule has 1 saturated heterocycles. The molecule has 1 aliphatic heterocycles. The third kappa shape index (κ3) is 6.53. The van der Waals surface area contributed by atoms with Crippen LogP contribution >= 0.6 is 0 Å². The van der Waals surface area contributed by atoms with Crippen LogP contribution in [0.25, 0.3) is 0 Å². The second kappa shape index (κ2) is 9.21. The Bertz CT molecular complexity index is 305. The molecule has 4 heteroatoms. The molecule has 4 nitrogen and oxygen atoms in total. The van der Waals surface area contributed by atoms with Gasteiger partial charge < -0.3 is 14.9 Å². The number of likely N-dealkylation sites (N-methyl/N-ethyl adjacent to an activating group) is 2. The SMILES string of the molecule is CC1CCCC(CCN(C)CC(O)CN2CCN(C)CC2)C1. The molecule has 1 saturated carbocycles. The van der Waals surface area contributed by atoms with Crippen LogP contribution in [0.4, 0.5) is 0 Å². The number of piperazine rings is 1. The zero-order valence-electron chi connectivity index (χ0n) is 15.0. The molecule has 0 amide bonds. The summed E-state index contributed by atoms with van der Waals surface area (Å²) >= 11 is 0. The molecule has 1 heterocycles. The lowest BCUT2D eigenvalue weighted by Crippen LogP contribution is -2.48. The van der Waals surface area contributed by atoms with E-state index in [0.717, 1.165) is 57.6 Å². The summed E-state index contributed by atoms with van der Waals surface area (Å²) in [5.41, 5.74) is 0. The maximum Gasteiger partial charge on any atom is 0.0793 e. The first-order valence-corrected chi connectivity index (χ1v) is 9.30. The van der Waals surface area contributed by atoms with Crippen LogP contribution in [0.2, 0.25) is 0 Å². The van der Waals surface area contributed by atoms with Crippen molar-refractivity contribution < 1.29 is 5.11 Å². The fourth-order valence-electron chi connectivity index (χ4n) is 4.06. The Balaban J connectivity index is 1.58. The van der Waals surface area contributed by atoms with Gasteiger partial charge in [-0.05, 0) is 45.3 Å². The van der Waals surface area contributed by atoms with E-state index < -0.39 is 0 Å². The molecule has 1 N–H and O–H groups in total. The summed E-state index contributed by atoms with van der Waals surface area (Å²) < 4.78 is 0. The van der Waals surface area contributed by atoms with Crippen LogP contribution in [-0.4, -0.2) is 85.8 Å². The third-order valence-corrected chi connectivity index (χ3v) is 5.55. The third-order valence-electron chi connectivity index (χ3n) is 5.55. The summed E-state index contributed by atoms with van der Waals surface area (Å²) in [7, 11) is 4.34. The number of rotatable bonds is 7. The number of aliphatic hydroxyl groups is 1. The highest BCUT2D eigenvalue weighted by molar-refractivity contribution is 4.75. The van der Waals surface area contributed by atoms with Gasteiger partial charge in [0.15, 0.2) is 0 Å². The minimum Gasteiger partial charge on any atom is -0.390 e. The Labute approximate surface area is 137 Å². The van der Waals surface area contributed by atoms with Gasteiger partial charge >= 0.3 is 0 Å². The topological polar surface area (TPSA) is 30.0 Å². The zero-order valence-corrected chi connectivity index (χ0v) is 15.0. The standard InChI is InChI=1S/C18H37N3O/c1-16-5-4-6-17(13-16)7-8-20(3)14-18(22)15-21-11-9-19(2)10-12-21/h16-18,22H,4-15H2,1-3H3. The van der Waals surface area contributed by atoms with Gasteiger partial charge in [-0.2, -0.15) is 0 Å². The van der Waals surface area contributed by atoms with E-state index in [-0.39, 0.29) is 6.10 Å². The number of hydrogen-bond acceptors (Lipinski definition) is 4. The van der Waals surface area contributed by atoms with Crippen molar-refractivity contribution in [3.8, 4) is 0 Å². The smallest absolute Gasteiger partial charge is 0.0793 e. The van der Waals surface area contributed by atoms with E-state index >= 15 is 0 Å². The number of hydrogen-bond donors (Lipinski definition) is 1. The summed E-state index contributed by atoms with van der Waals surface area (Å²) in [6, 6.07) is 0. The van der Waals surface area contributed by atoms with Crippen molar-refractivity contribution >= 4 is 0 Å². The average Bonchev–Trinajstić information content (AvgIpc) is 2.47. The fourth-order valence-corrected chi connectivity index (χ4v) is 4.06. The van der Waals surface area contributed by atoms with Crippen LogP contribution in [-0.2, 0) is 0 Å². The molecule has 1 aliphatic carbocycles. The molecule has 0 radical (unpaired) electrons. The van der Waals surface area contributed by atoms with Crippen LogP contribution in [0.3, 0.4) is 0 Å². The summed E-state index contributed by atoms with van der Waals surface area (Å²) in [6.45, 7) is 9.62. The molecule has 0 spiro atoms.